The zero-order chi connectivity index (χ0) is 24.6. The van der Waals surface area contributed by atoms with Gasteiger partial charge in [0.2, 0.25) is 5.95 Å². The number of thioether (sulfide) groups is 1. The van der Waals surface area contributed by atoms with Crippen LogP contribution in [-0.2, 0) is 11.1 Å². The van der Waals surface area contributed by atoms with E-state index in [1.54, 1.807) is 12.1 Å². The van der Waals surface area contributed by atoms with Gasteiger partial charge in [0.15, 0.2) is 11.0 Å². The van der Waals surface area contributed by atoms with Crippen molar-refractivity contribution in [1.82, 2.24) is 15.3 Å². The smallest absolute Gasteiger partial charge is 0.257 e. The fourth-order valence-electron chi connectivity index (χ4n) is 4.64. The molecular formula is C26H26FN5O2S. The Bertz CT molecular complexity index is 1270. The van der Waals surface area contributed by atoms with Gasteiger partial charge in [-0.3, -0.25) is 4.79 Å². The first-order valence-corrected chi connectivity index (χ1v) is 12.4. The van der Waals surface area contributed by atoms with Crippen LogP contribution < -0.4 is 10.2 Å². The minimum Gasteiger partial charge on any atom is -0.384 e. The minimum atomic E-state index is -1.44. The SMILES string of the molecule is CC(C)(O)c1nc(N2CC3CSC(NC(=O)c4ccccc4)=NC3(c3ccccc3)C2)ncc1F. The summed E-state index contributed by atoms with van der Waals surface area (Å²) in [4.78, 5) is 28.5. The van der Waals surface area contributed by atoms with Crippen LogP contribution in [0.4, 0.5) is 10.3 Å². The molecule has 2 atom stereocenters. The number of hydrogen-bond acceptors (Lipinski definition) is 7. The average molecular weight is 492 g/mol. The van der Waals surface area contributed by atoms with Crippen LogP contribution in [0.15, 0.2) is 71.9 Å². The first kappa shape index (κ1) is 23.4. The molecule has 9 heteroatoms. The number of nitrogens with one attached hydrogen (secondary N) is 1. The minimum absolute atomic E-state index is 0.0418. The van der Waals surface area contributed by atoms with Crippen LogP contribution in [0.2, 0.25) is 0 Å². The van der Waals surface area contributed by atoms with Gasteiger partial charge in [0.1, 0.15) is 16.8 Å². The van der Waals surface area contributed by atoms with Gasteiger partial charge in [-0.1, -0.05) is 60.3 Å². The average Bonchev–Trinajstić information content (AvgIpc) is 3.25. The van der Waals surface area contributed by atoms with Gasteiger partial charge in [-0.2, -0.15) is 0 Å². The van der Waals surface area contributed by atoms with Crippen LogP contribution >= 0.6 is 11.8 Å². The van der Waals surface area contributed by atoms with Crippen LogP contribution in [-0.4, -0.2) is 45.0 Å². The quantitative estimate of drug-likeness (QED) is 0.578. The van der Waals surface area contributed by atoms with Crippen molar-refractivity contribution in [3.8, 4) is 0 Å². The number of carbonyl (C=O) groups excluding carboxylic acids is 1. The van der Waals surface area contributed by atoms with Crippen molar-refractivity contribution >= 4 is 28.8 Å². The normalized spacial score (nSPS) is 21.9. The van der Waals surface area contributed by atoms with Crippen molar-refractivity contribution in [2.24, 2.45) is 10.9 Å². The molecule has 3 heterocycles. The van der Waals surface area contributed by atoms with Crippen LogP contribution in [0, 0.1) is 11.7 Å². The largest absolute Gasteiger partial charge is 0.384 e. The second kappa shape index (κ2) is 9.05. The molecule has 7 nitrogen and oxygen atoms in total. The lowest BCUT2D eigenvalue weighted by molar-refractivity contribution is 0.0693. The summed E-state index contributed by atoms with van der Waals surface area (Å²) in [5.41, 5.74) is -0.505. The number of amidine groups is 1. The predicted molar refractivity (Wildman–Crippen MR) is 135 cm³/mol. The monoisotopic (exact) mass is 491 g/mol. The molecule has 5 rings (SSSR count). The van der Waals surface area contributed by atoms with E-state index in [0.29, 0.717) is 29.8 Å². The highest BCUT2D eigenvalue weighted by Crippen LogP contribution is 2.46. The van der Waals surface area contributed by atoms with Crippen molar-refractivity contribution in [3.63, 3.8) is 0 Å². The number of fused-ring (bicyclic) bond motifs is 1. The highest BCUT2D eigenvalue weighted by molar-refractivity contribution is 8.13. The maximum atomic E-state index is 14.3. The number of aromatic nitrogens is 2. The van der Waals surface area contributed by atoms with Gasteiger partial charge in [-0.15, -0.1) is 0 Å². The van der Waals surface area contributed by atoms with Crippen molar-refractivity contribution < 1.29 is 14.3 Å². The molecule has 1 fully saturated rings. The molecule has 2 aliphatic heterocycles. The third-order valence-corrected chi connectivity index (χ3v) is 7.43. The van der Waals surface area contributed by atoms with E-state index in [1.165, 1.54) is 25.6 Å². The third-order valence-electron chi connectivity index (χ3n) is 6.39. The van der Waals surface area contributed by atoms with E-state index in [-0.39, 0.29) is 17.5 Å². The highest BCUT2D eigenvalue weighted by atomic mass is 32.2. The summed E-state index contributed by atoms with van der Waals surface area (Å²) in [5, 5.41) is 13.9. The van der Waals surface area contributed by atoms with E-state index in [2.05, 4.69) is 15.3 Å². The maximum absolute atomic E-state index is 14.3. The summed E-state index contributed by atoms with van der Waals surface area (Å²) in [6.45, 7) is 4.08. The molecule has 2 aromatic carbocycles. The molecule has 2 aliphatic rings. The lowest BCUT2D eigenvalue weighted by atomic mass is 9.82. The Kier molecular flexibility index (Phi) is 6.06. The van der Waals surface area contributed by atoms with Crippen LogP contribution in [0.5, 0.6) is 0 Å². The molecule has 2 N–H and O–H groups in total. The molecule has 1 aromatic heterocycles. The number of aliphatic imine (C=N–C) groups is 1. The number of halogens is 1. The van der Waals surface area contributed by atoms with Gasteiger partial charge >= 0.3 is 0 Å². The van der Waals surface area contributed by atoms with Crippen LogP contribution in [0.25, 0.3) is 0 Å². The van der Waals surface area contributed by atoms with Crippen molar-refractivity contribution in [3.05, 3.63) is 89.5 Å². The number of hydrogen-bond donors (Lipinski definition) is 2. The predicted octanol–water partition coefficient (Wildman–Crippen LogP) is 3.71. The van der Waals surface area contributed by atoms with Gasteiger partial charge in [-0.25, -0.2) is 19.4 Å². The Hall–Kier alpha value is -3.30. The van der Waals surface area contributed by atoms with Crippen molar-refractivity contribution in [2.75, 3.05) is 23.7 Å². The van der Waals surface area contributed by atoms with Gasteiger partial charge in [-0.05, 0) is 31.5 Å². The Morgan fingerprint density at radius 1 is 1.17 bits per heavy atom. The highest BCUT2D eigenvalue weighted by Gasteiger charge is 2.51. The van der Waals surface area contributed by atoms with E-state index in [9.17, 15) is 14.3 Å². The number of rotatable bonds is 4. The summed E-state index contributed by atoms with van der Waals surface area (Å²) in [5.74, 6) is 0.355. The number of anilines is 1. The van der Waals surface area contributed by atoms with Gasteiger partial charge < -0.3 is 15.3 Å². The number of aliphatic hydroxyl groups is 1. The number of nitrogens with zero attached hydrogens (tertiary/aromatic N) is 4. The molecule has 35 heavy (non-hydrogen) atoms. The van der Waals surface area contributed by atoms with E-state index >= 15 is 0 Å². The van der Waals surface area contributed by atoms with Crippen LogP contribution in [0.3, 0.4) is 0 Å². The number of benzene rings is 2. The lowest BCUT2D eigenvalue weighted by Gasteiger charge is -2.35. The van der Waals surface area contributed by atoms with Crippen molar-refractivity contribution in [1.29, 1.82) is 0 Å². The third kappa shape index (κ3) is 4.53. The standard InChI is InChI=1S/C26H26FN5O2S/c1-25(2,34)21-20(27)13-28-23(29-21)32-14-19-15-35-24(30-22(33)17-9-5-3-6-10-17)31-26(19,16-32)18-11-7-4-8-12-18/h3-13,19,34H,14-16H2,1-2H3,(H,30,31,33). The summed E-state index contributed by atoms with van der Waals surface area (Å²) in [6, 6.07) is 19.0. The van der Waals surface area contributed by atoms with Gasteiger partial charge in [0, 0.05) is 23.8 Å². The molecule has 180 valence electrons. The maximum Gasteiger partial charge on any atom is 0.257 e. The van der Waals surface area contributed by atoms with Crippen LogP contribution in [0.1, 0.15) is 35.5 Å². The first-order chi connectivity index (χ1) is 16.8. The number of amides is 1. The van der Waals surface area contributed by atoms with Gasteiger partial charge in [0.05, 0.1) is 12.7 Å². The first-order valence-electron chi connectivity index (χ1n) is 11.4. The molecule has 3 aromatic rings. The lowest BCUT2D eigenvalue weighted by Crippen LogP contribution is -2.42. The second-order valence-electron chi connectivity index (χ2n) is 9.34. The second-order valence-corrected chi connectivity index (χ2v) is 10.4. The molecule has 1 amide bonds. The van der Waals surface area contributed by atoms with E-state index < -0.39 is 17.0 Å². The fourth-order valence-corrected chi connectivity index (χ4v) is 5.78. The zero-order valence-corrected chi connectivity index (χ0v) is 20.3. The molecule has 0 spiro atoms. The Balaban J connectivity index is 1.50. The van der Waals surface area contributed by atoms with Gasteiger partial charge in [0.25, 0.3) is 5.91 Å². The zero-order valence-electron chi connectivity index (χ0n) is 19.5. The number of carbonyl (C=O) groups is 1. The topological polar surface area (TPSA) is 90.7 Å². The molecule has 0 bridgehead atoms. The fraction of sp³-hybridized carbons (Fsp3) is 0.308. The molecule has 0 radical (unpaired) electrons. The Morgan fingerprint density at radius 3 is 2.54 bits per heavy atom. The molecular weight excluding hydrogens is 465 g/mol. The Morgan fingerprint density at radius 2 is 1.86 bits per heavy atom. The summed E-state index contributed by atoms with van der Waals surface area (Å²) in [6.07, 6.45) is 1.11. The van der Waals surface area contributed by atoms with E-state index in [4.69, 9.17) is 4.99 Å². The van der Waals surface area contributed by atoms with E-state index in [0.717, 1.165) is 17.5 Å². The molecule has 0 aliphatic carbocycles. The summed E-state index contributed by atoms with van der Waals surface area (Å²) < 4.78 is 14.3. The Labute approximate surface area is 207 Å². The molecule has 1 saturated heterocycles. The van der Waals surface area contributed by atoms with Crippen molar-refractivity contribution in [2.45, 2.75) is 25.0 Å². The summed E-state index contributed by atoms with van der Waals surface area (Å²) in [7, 11) is 0. The van der Waals surface area contributed by atoms with E-state index in [1.807, 2.05) is 53.4 Å². The summed E-state index contributed by atoms with van der Waals surface area (Å²) >= 11 is 1.51. The molecule has 0 saturated carbocycles. The molecule has 2 unspecified atom stereocenters.